The highest BCUT2D eigenvalue weighted by Gasteiger charge is 2.15. The van der Waals surface area contributed by atoms with E-state index in [9.17, 15) is 0 Å². The van der Waals surface area contributed by atoms with E-state index in [0.29, 0.717) is 12.6 Å². The van der Waals surface area contributed by atoms with Crippen LogP contribution in [0.5, 0.6) is 0 Å². The predicted octanol–water partition coefficient (Wildman–Crippen LogP) is 3.43. The first-order chi connectivity index (χ1) is 11.8. The van der Waals surface area contributed by atoms with Crippen molar-refractivity contribution in [3.63, 3.8) is 0 Å². The first-order valence-corrected chi connectivity index (χ1v) is 9.30. The number of aryl methyl sites for hydroxylation is 2. The Hall–Kier alpha value is -0.830. The van der Waals surface area contributed by atoms with Crippen LogP contribution in [0.4, 0.5) is 0 Å². The zero-order valence-electron chi connectivity index (χ0n) is 15.8. The molecule has 0 aromatic carbocycles. The number of ether oxygens (including phenoxy) is 1. The fourth-order valence-corrected chi connectivity index (χ4v) is 3.11. The van der Waals surface area contributed by atoms with E-state index in [-0.39, 0.29) is 24.0 Å². The molecule has 0 radical (unpaired) electrons. The lowest BCUT2D eigenvalue weighted by Crippen LogP contribution is -2.37. The van der Waals surface area contributed by atoms with Crippen LogP contribution in [0.15, 0.2) is 9.52 Å². The molecule has 1 aromatic rings. The van der Waals surface area contributed by atoms with E-state index >= 15 is 0 Å². The highest BCUT2D eigenvalue weighted by Crippen LogP contribution is 2.20. The standard InChI is InChI=1S/C18H32N4O2.HI/c1-4-16-15(17(5-2)24-22-16)13-21-18(19-3)20-11-8-12-23-14-9-6-7-10-14;/h14H,4-13H2,1-3H3,(H2,19,20,21);1H. The van der Waals surface area contributed by atoms with Gasteiger partial charge in [-0.15, -0.1) is 24.0 Å². The summed E-state index contributed by atoms with van der Waals surface area (Å²) in [6, 6.07) is 0. The lowest BCUT2D eigenvalue weighted by molar-refractivity contribution is 0.0574. The van der Waals surface area contributed by atoms with E-state index in [2.05, 4.69) is 34.6 Å². The smallest absolute Gasteiger partial charge is 0.191 e. The van der Waals surface area contributed by atoms with E-state index in [1.807, 2.05) is 0 Å². The van der Waals surface area contributed by atoms with Gasteiger partial charge in [-0.25, -0.2) is 0 Å². The van der Waals surface area contributed by atoms with Gasteiger partial charge in [0.05, 0.1) is 11.8 Å². The fraction of sp³-hybridized carbons (Fsp3) is 0.778. The minimum Gasteiger partial charge on any atom is -0.378 e. The summed E-state index contributed by atoms with van der Waals surface area (Å²) < 4.78 is 11.3. The number of halogens is 1. The molecule has 0 bridgehead atoms. The zero-order chi connectivity index (χ0) is 17.2. The number of aromatic nitrogens is 1. The molecule has 2 rings (SSSR count). The van der Waals surface area contributed by atoms with Crippen molar-refractivity contribution in [3.05, 3.63) is 17.0 Å². The second kappa shape index (κ2) is 12.5. The number of aliphatic imine (C=N–C) groups is 1. The third-order valence-electron chi connectivity index (χ3n) is 4.53. The van der Waals surface area contributed by atoms with Crippen LogP contribution in [0.3, 0.4) is 0 Å². The van der Waals surface area contributed by atoms with Crippen LogP contribution < -0.4 is 10.6 Å². The molecule has 1 heterocycles. The highest BCUT2D eigenvalue weighted by atomic mass is 127. The summed E-state index contributed by atoms with van der Waals surface area (Å²) in [5.41, 5.74) is 2.19. The van der Waals surface area contributed by atoms with Crippen LogP contribution >= 0.6 is 24.0 Å². The SMILES string of the molecule is CCc1noc(CC)c1CNC(=NC)NCCCOC1CCCC1.I. The van der Waals surface area contributed by atoms with Gasteiger partial charge in [0.15, 0.2) is 5.96 Å². The monoisotopic (exact) mass is 464 g/mol. The van der Waals surface area contributed by atoms with Gasteiger partial charge < -0.3 is 19.9 Å². The lowest BCUT2D eigenvalue weighted by Gasteiger charge is -2.14. The zero-order valence-corrected chi connectivity index (χ0v) is 18.1. The van der Waals surface area contributed by atoms with Crippen LogP contribution in [-0.2, 0) is 24.1 Å². The number of nitrogens with one attached hydrogen (secondary N) is 2. The average molecular weight is 464 g/mol. The molecule has 25 heavy (non-hydrogen) atoms. The van der Waals surface area contributed by atoms with Gasteiger partial charge in [-0.05, 0) is 25.7 Å². The Morgan fingerprint density at radius 1 is 1.24 bits per heavy atom. The van der Waals surface area contributed by atoms with E-state index in [4.69, 9.17) is 9.26 Å². The van der Waals surface area contributed by atoms with Gasteiger partial charge in [-0.2, -0.15) is 0 Å². The molecule has 1 aliphatic carbocycles. The van der Waals surface area contributed by atoms with Crippen molar-refractivity contribution in [2.75, 3.05) is 20.2 Å². The summed E-state index contributed by atoms with van der Waals surface area (Å²) in [6.45, 7) is 6.55. The molecular formula is C18H33IN4O2. The molecule has 0 amide bonds. The molecule has 1 aromatic heterocycles. The molecule has 2 N–H and O–H groups in total. The van der Waals surface area contributed by atoms with Crippen LogP contribution in [0.25, 0.3) is 0 Å². The Balaban J connectivity index is 0.00000312. The largest absolute Gasteiger partial charge is 0.378 e. The van der Waals surface area contributed by atoms with Gasteiger partial charge in [-0.3, -0.25) is 4.99 Å². The second-order valence-electron chi connectivity index (χ2n) is 6.22. The van der Waals surface area contributed by atoms with Crippen molar-refractivity contribution in [1.29, 1.82) is 0 Å². The van der Waals surface area contributed by atoms with Crippen LogP contribution in [0.2, 0.25) is 0 Å². The van der Waals surface area contributed by atoms with Gasteiger partial charge in [0.2, 0.25) is 0 Å². The summed E-state index contributed by atoms with van der Waals surface area (Å²) in [5, 5.41) is 10.8. The van der Waals surface area contributed by atoms with E-state index in [1.54, 1.807) is 7.05 Å². The normalized spacial score (nSPS) is 15.2. The maximum atomic E-state index is 5.88. The molecule has 1 aliphatic rings. The molecular weight excluding hydrogens is 431 g/mol. The van der Waals surface area contributed by atoms with Crippen molar-refractivity contribution >= 4 is 29.9 Å². The van der Waals surface area contributed by atoms with Gasteiger partial charge in [0.1, 0.15) is 5.76 Å². The van der Waals surface area contributed by atoms with Gasteiger partial charge >= 0.3 is 0 Å². The predicted molar refractivity (Wildman–Crippen MR) is 112 cm³/mol. The van der Waals surface area contributed by atoms with Gasteiger partial charge in [0.25, 0.3) is 0 Å². The third kappa shape index (κ3) is 7.13. The minimum atomic E-state index is 0. The fourth-order valence-electron chi connectivity index (χ4n) is 3.11. The molecule has 6 nitrogen and oxygen atoms in total. The van der Waals surface area contributed by atoms with Crippen LogP contribution in [-0.4, -0.2) is 37.4 Å². The van der Waals surface area contributed by atoms with Crippen molar-refractivity contribution in [2.45, 2.75) is 71.4 Å². The molecule has 0 unspecified atom stereocenters. The van der Waals surface area contributed by atoms with Crippen LogP contribution in [0.1, 0.15) is 63.0 Å². The van der Waals surface area contributed by atoms with E-state index in [0.717, 1.165) is 55.4 Å². The summed E-state index contributed by atoms with van der Waals surface area (Å²) in [6.07, 6.45) is 8.33. The second-order valence-corrected chi connectivity index (χ2v) is 6.22. The average Bonchev–Trinajstić information content (AvgIpc) is 3.26. The van der Waals surface area contributed by atoms with Gasteiger partial charge in [0, 0.05) is 38.7 Å². The lowest BCUT2D eigenvalue weighted by atomic mass is 10.1. The first kappa shape index (κ1) is 22.2. The van der Waals surface area contributed by atoms with Crippen LogP contribution in [0, 0.1) is 0 Å². The summed E-state index contributed by atoms with van der Waals surface area (Å²) in [5.74, 6) is 1.76. The molecule has 1 fully saturated rings. The summed E-state index contributed by atoms with van der Waals surface area (Å²) in [4.78, 5) is 4.28. The van der Waals surface area contributed by atoms with E-state index < -0.39 is 0 Å². The molecule has 0 saturated heterocycles. The number of nitrogens with zero attached hydrogens (tertiary/aromatic N) is 2. The molecule has 1 saturated carbocycles. The number of hydrogen-bond donors (Lipinski definition) is 2. The molecule has 144 valence electrons. The quantitative estimate of drug-likeness (QED) is 0.254. The Bertz CT molecular complexity index is 492. The highest BCUT2D eigenvalue weighted by molar-refractivity contribution is 14.0. The summed E-state index contributed by atoms with van der Waals surface area (Å²) >= 11 is 0. The number of guanidine groups is 1. The minimum absolute atomic E-state index is 0. The molecule has 0 spiro atoms. The Morgan fingerprint density at radius 2 is 2.00 bits per heavy atom. The van der Waals surface area contributed by atoms with Crippen molar-refractivity contribution < 1.29 is 9.26 Å². The molecule has 0 atom stereocenters. The van der Waals surface area contributed by atoms with Crippen molar-refractivity contribution in [1.82, 2.24) is 15.8 Å². The van der Waals surface area contributed by atoms with Gasteiger partial charge in [-0.1, -0.05) is 31.8 Å². The first-order valence-electron chi connectivity index (χ1n) is 9.30. The number of rotatable bonds is 9. The Labute approximate surface area is 168 Å². The van der Waals surface area contributed by atoms with Crippen molar-refractivity contribution in [2.24, 2.45) is 4.99 Å². The molecule has 7 heteroatoms. The van der Waals surface area contributed by atoms with Crippen molar-refractivity contribution in [3.8, 4) is 0 Å². The van der Waals surface area contributed by atoms with E-state index in [1.165, 1.54) is 25.7 Å². The Morgan fingerprint density at radius 3 is 2.64 bits per heavy atom. The summed E-state index contributed by atoms with van der Waals surface area (Å²) in [7, 11) is 1.79. The Kier molecular flexibility index (Phi) is 11.1. The third-order valence-corrected chi connectivity index (χ3v) is 4.53. The molecule has 0 aliphatic heterocycles. The number of hydrogen-bond acceptors (Lipinski definition) is 4. The topological polar surface area (TPSA) is 71.7 Å². The maximum absolute atomic E-state index is 5.88. The maximum Gasteiger partial charge on any atom is 0.191 e.